The van der Waals surface area contributed by atoms with Gasteiger partial charge in [-0.25, -0.2) is 4.39 Å². The first-order valence-electron chi connectivity index (χ1n) is 9.46. The largest absolute Gasteiger partial charge is 0.497 e. The molecular formula is C21H23FN2O4. The van der Waals surface area contributed by atoms with Crippen LogP contribution in [0.3, 0.4) is 0 Å². The fourth-order valence-corrected chi connectivity index (χ4v) is 4.30. The molecule has 0 radical (unpaired) electrons. The van der Waals surface area contributed by atoms with Gasteiger partial charge in [-0.05, 0) is 43.5 Å². The van der Waals surface area contributed by atoms with Gasteiger partial charge in [0.1, 0.15) is 17.8 Å². The Morgan fingerprint density at radius 2 is 2.14 bits per heavy atom. The zero-order valence-corrected chi connectivity index (χ0v) is 15.8. The SMILES string of the molecule is COc1ccc(F)c(CN2CCC[C@]3(CCN(C(=O)c4ccoc4)C3)C2=O)c1. The van der Waals surface area contributed by atoms with Crippen molar-refractivity contribution in [2.75, 3.05) is 26.7 Å². The molecular weight excluding hydrogens is 363 g/mol. The summed E-state index contributed by atoms with van der Waals surface area (Å²) in [4.78, 5) is 29.3. The van der Waals surface area contributed by atoms with E-state index in [2.05, 4.69) is 0 Å². The Labute approximate surface area is 162 Å². The van der Waals surface area contributed by atoms with Gasteiger partial charge in [-0.1, -0.05) is 0 Å². The first-order valence-corrected chi connectivity index (χ1v) is 9.46. The van der Waals surface area contributed by atoms with Crippen LogP contribution >= 0.6 is 0 Å². The number of hydrogen-bond donors (Lipinski definition) is 0. The van der Waals surface area contributed by atoms with Gasteiger partial charge in [0.2, 0.25) is 5.91 Å². The lowest BCUT2D eigenvalue weighted by molar-refractivity contribution is -0.146. The molecule has 0 N–H and O–H groups in total. The Bertz CT molecular complexity index is 883. The Hall–Kier alpha value is -2.83. The fourth-order valence-electron chi connectivity index (χ4n) is 4.30. The number of nitrogens with zero attached hydrogens (tertiary/aromatic N) is 2. The van der Waals surface area contributed by atoms with Crippen molar-refractivity contribution in [3.8, 4) is 5.75 Å². The van der Waals surface area contributed by atoms with Crippen molar-refractivity contribution < 1.29 is 23.1 Å². The third-order valence-corrected chi connectivity index (χ3v) is 5.85. The van der Waals surface area contributed by atoms with Gasteiger partial charge in [-0.3, -0.25) is 9.59 Å². The molecule has 0 bridgehead atoms. The van der Waals surface area contributed by atoms with Gasteiger partial charge in [0.25, 0.3) is 5.91 Å². The molecule has 4 rings (SSSR count). The number of likely N-dealkylation sites (tertiary alicyclic amines) is 2. The molecule has 2 amide bonds. The maximum atomic E-state index is 14.2. The van der Waals surface area contributed by atoms with E-state index in [9.17, 15) is 14.0 Å². The fraction of sp³-hybridized carbons (Fsp3) is 0.429. The lowest BCUT2D eigenvalue weighted by Gasteiger charge is -2.39. The summed E-state index contributed by atoms with van der Waals surface area (Å²) in [5.41, 5.74) is 0.359. The number of rotatable bonds is 4. The number of hydrogen-bond acceptors (Lipinski definition) is 4. The van der Waals surface area contributed by atoms with Crippen molar-refractivity contribution in [2.24, 2.45) is 5.41 Å². The van der Waals surface area contributed by atoms with Crippen LogP contribution in [0.25, 0.3) is 0 Å². The second-order valence-electron chi connectivity index (χ2n) is 7.56. The number of carbonyl (C=O) groups excluding carboxylic acids is 2. The second-order valence-corrected chi connectivity index (χ2v) is 7.56. The molecule has 2 aliphatic rings. The average molecular weight is 386 g/mol. The molecule has 1 atom stereocenters. The Morgan fingerprint density at radius 3 is 2.89 bits per heavy atom. The van der Waals surface area contributed by atoms with E-state index in [0.717, 1.165) is 12.8 Å². The summed E-state index contributed by atoms with van der Waals surface area (Å²) in [6, 6.07) is 6.19. The van der Waals surface area contributed by atoms with Crippen molar-refractivity contribution in [3.05, 3.63) is 53.7 Å². The van der Waals surface area contributed by atoms with E-state index in [-0.39, 0.29) is 24.2 Å². The van der Waals surface area contributed by atoms with Gasteiger partial charge in [-0.15, -0.1) is 0 Å². The monoisotopic (exact) mass is 386 g/mol. The molecule has 2 aliphatic heterocycles. The Kier molecular flexibility index (Phi) is 4.83. The molecule has 148 valence electrons. The highest BCUT2D eigenvalue weighted by molar-refractivity contribution is 5.95. The van der Waals surface area contributed by atoms with Crippen molar-refractivity contribution in [3.63, 3.8) is 0 Å². The predicted molar refractivity (Wildman–Crippen MR) is 99.3 cm³/mol. The van der Waals surface area contributed by atoms with Crippen molar-refractivity contribution in [1.29, 1.82) is 0 Å². The van der Waals surface area contributed by atoms with Crippen molar-refractivity contribution in [1.82, 2.24) is 9.80 Å². The number of methoxy groups -OCH3 is 1. The van der Waals surface area contributed by atoms with Crippen LogP contribution < -0.4 is 4.74 Å². The number of amides is 2. The van der Waals surface area contributed by atoms with E-state index in [1.807, 2.05) is 0 Å². The molecule has 6 nitrogen and oxygen atoms in total. The third-order valence-electron chi connectivity index (χ3n) is 5.85. The minimum Gasteiger partial charge on any atom is -0.497 e. The van der Waals surface area contributed by atoms with Crippen LogP contribution in [-0.2, 0) is 11.3 Å². The number of benzene rings is 1. The maximum absolute atomic E-state index is 14.2. The molecule has 3 heterocycles. The highest BCUT2D eigenvalue weighted by atomic mass is 19.1. The number of carbonyl (C=O) groups is 2. The van der Waals surface area contributed by atoms with Gasteiger partial charge in [0, 0.05) is 31.7 Å². The van der Waals surface area contributed by atoms with Gasteiger partial charge in [0.05, 0.1) is 24.4 Å². The van der Waals surface area contributed by atoms with Crippen LogP contribution in [0.4, 0.5) is 4.39 Å². The van der Waals surface area contributed by atoms with Crippen LogP contribution in [0.5, 0.6) is 5.75 Å². The van der Waals surface area contributed by atoms with Crippen molar-refractivity contribution >= 4 is 11.8 Å². The van der Waals surface area contributed by atoms with E-state index in [1.165, 1.54) is 25.7 Å². The molecule has 0 unspecified atom stereocenters. The summed E-state index contributed by atoms with van der Waals surface area (Å²) in [5, 5.41) is 0. The van der Waals surface area contributed by atoms with Gasteiger partial charge < -0.3 is 19.0 Å². The quantitative estimate of drug-likeness (QED) is 0.810. The summed E-state index contributed by atoms with van der Waals surface area (Å²) in [6.07, 6.45) is 5.11. The van der Waals surface area contributed by atoms with Crippen molar-refractivity contribution in [2.45, 2.75) is 25.8 Å². The van der Waals surface area contributed by atoms with Gasteiger partial charge >= 0.3 is 0 Å². The molecule has 2 aromatic rings. The minimum atomic E-state index is -0.576. The highest BCUT2D eigenvalue weighted by Gasteiger charge is 2.49. The molecule has 1 spiro atoms. The first-order chi connectivity index (χ1) is 13.5. The predicted octanol–water partition coefficient (Wildman–Crippen LogP) is 3.08. The Morgan fingerprint density at radius 1 is 1.29 bits per heavy atom. The zero-order valence-electron chi connectivity index (χ0n) is 15.8. The second kappa shape index (κ2) is 7.30. The smallest absolute Gasteiger partial charge is 0.257 e. The summed E-state index contributed by atoms with van der Waals surface area (Å²) < 4.78 is 24.4. The number of halogens is 1. The first kappa shape index (κ1) is 18.5. The van der Waals surface area contributed by atoms with E-state index in [0.29, 0.717) is 42.9 Å². The molecule has 7 heteroatoms. The summed E-state index contributed by atoms with van der Waals surface area (Å²) in [7, 11) is 1.53. The molecule has 1 aromatic heterocycles. The number of ether oxygens (including phenoxy) is 1. The normalized spacial score (nSPS) is 22.1. The topological polar surface area (TPSA) is 63.0 Å². The van der Waals surface area contributed by atoms with E-state index in [1.54, 1.807) is 28.0 Å². The standard InChI is InChI=1S/C21H23FN2O4/c1-27-17-3-4-18(22)16(11-17)12-23-8-2-6-21(20(23)26)7-9-24(14-21)19(25)15-5-10-28-13-15/h3-5,10-11,13H,2,6-9,12,14H2,1H3/t21-/m1/s1. The summed E-state index contributed by atoms with van der Waals surface area (Å²) in [6.45, 7) is 1.73. The van der Waals surface area contributed by atoms with Crippen LogP contribution in [0.15, 0.2) is 41.2 Å². The third kappa shape index (κ3) is 3.25. The zero-order chi connectivity index (χ0) is 19.7. The molecule has 28 heavy (non-hydrogen) atoms. The van der Waals surface area contributed by atoms with Crippen LogP contribution in [0.2, 0.25) is 0 Å². The van der Waals surface area contributed by atoms with E-state index >= 15 is 0 Å². The molecule has 0 aliphatic carbocycles. The van der Waals surface area contributed by atoms with Crippen LogP contribution in [0, 0.1) is 11.2 Å². The van der Waals surface area contributed by atoms with Gasteiger partial charge in [0.15, 0.2) is 0 Å². The average Bonchev–Trinajstić information content (AvgIpc) is 3.38. The van der Waals surface area contributed by atoms with Gasteiger partial charge in [-0.2, -0.15) is 0 Å². The molecule has 0 saturated carbocycles. The number of furan rings is 1. The summed E-state index contributed by atoms with van der Waals surface area (Å²) >= 11 is 0. The van der Waals surface area contributed by atoms with E-state index in [4.69, 9.17) is 9.15 Å². The highest BCUT2D eigenvalue weighted by Crippen LogP contribution is 2.41. The summed E-state index contributed by atoms with van der Waals surface area (Å²) in [5.74, 6) is 0.0996. The Balaban J connectivity index is 1.50. The molecule has 2 fully saturated rings. The lowest BCUT2D eigenvalue weighted by Crippen LogP contribution is -2.50. The van der Waals surface area contributed by atoms with Crippen LogP contribution in [0.1, 0.15) is 35.2 Å². The maximum Gasteiger partial charge on any atom is 0.257 e. The van der Waals surface area contributed by atoms with E-state index < -0.39 is 5.41 Å². The minimum absolute atomic E-state index is 0.00321. The van der Waals surface area contributed by atoms with Crippen LogP contribution in [-0.4, -0.2) is 48.4 Å². The number of piperidine rings is 1. The molecule has 1 aromatic carbocycles. The molecule has 2 saturated heterocycles. The lowest BCUT2D eigenvalue weighted by atomic mass is 9.78.